The largest absolute Gasteiger partial charge is 0.481 e. The van der Waals surface area contributed by atoms with Crippen molar-refractivity contribution in [1.82, 2.24) is 5.32 Å². The number of carboxylic acids is 1. The first kappa shape index (κ1) is 16.9. The van der Waals surface area contributed by atoms with E-state index in [1.165, 1.54) is 0 Å². The molecule has 0 aliphatic rings. The van der Waals surface area contributed by atoms with Gasteiger partial charge in [0.15, 0.2) is 0 Å². The maximum Gasteiger partial charge on any atom is 0.306 e. The fraction of sp³-hybridized carbons (Fsp3) is 0.857. The van der Waals surface area contributed by atoms with Gasteiger partial charge in [-0.05, 0) is 25.2 Å². The third-order valence-corrected chi connectivity index (χ3v) is 3.14. The van der Waals surface area contributed by atoms with Gasteiger partial charge in [0.05, 0.1) is 5.92 Å². The number of carbonyl (C=O) groups excluding carboxylic acids is 1. The molecule has 0 spiro atoms. The number of hydrogen-bond acceptors (Lipinski definition) is 2. The van der Waals surface area contributed by atoms with Crippen molar-refractivity contribution >= 4 is 11.9 Å². The van der Waals surface area contributed by atoms with E-state index >= 15 is 0 Å². The lowest BCUT2D eigenvalue weighted by Crippen LogP contribution is -2.26. The number of hydrogen-bond donors (Lipinski definition) is 2. The van der Waals surface area contributed by atoms with Crippen LogP contribution >= 0.6 is 0 Å². The summed E-state index contributed by atoms with van der Waals surface area (Å²) in [5.41, 5.74) is 0. The molecule has 4 heteroatoms. The Labute approximate surface area is 110 Å². The second-order valence-corrected chi connectivity index (χ2v) is 5.14. The molecule has 0 aliphatic heterocycles. The third kappa shape index (κ3) is 8.09. The molecule has 0 saturated heterocycles. The van der Waals surface area contributed by atoms with Gasteiger partial charge in [-0.1, -0.05) is 33.6 Å². The summed E-state index contributed by atoms with van der Waals surface area (Å²) in [6.07, 6.45) is 5.08. The molecule has 18 heavy (non-hydrogen) atoms. The Morgan fingerprint density at radius 2 is 1.83 bits per heavy atom. The highest BCUT2D eigenvalue weighted by Crippen LogP contribution is 2.16. The van der Waals surface area contributed by atoms with Crippen molar-refractivity contribution < 1.29 is 14.7 Å². The molecule has 0 heterocycles. The van der Waals surface area contributed by atoms with Crippen LogP contribution in [0.4, 0.5) is 0 Å². The number of amides is 1. The van der Waals surface area contributed by atoms with Crippen molar-refractivity contribution in [3.05, 3.63) is 0 Å². The first-order valence-corrected chi connectivity index (χ1v) is 6.98. The van der Waals surface area contributed by atoms with Gasteiger partial charge in [0.25, 0.3) is 0 Å². The van der Waals surface area contributed by atoms with Crippen molar-refractivity contribution in [1.29, 1.82) is 0 Å². The van der Waals surface area contributed by atoms with Crippen LogP contribution in [0.5, 0.6) is 0 Å². The van der Waals surface area contributed by atoms with E-state index in [1.807, 2.05) is 13.8 Å². The maximum absolute atomic E-state index is 11.4. The molecular weight excluding hydrogens is 230 g/mol. The summed E-state index contributed by atoms with van der Waals surface area (Å²) in [5.74, 6) is -0.816. The Balaban J connectivity index is 3.65. The number of unbranched alkanes of at least 4 members (excludes halogenated alkanes) is 2. The van der Waals surface area contributed by atoms with Gasteiger partial charge in [0.1, 0.15) is 0 Å². The number of carboxylic acid groups (broad SMARTS) is 1. The van der Waals surface area contributed by atoms with Crippen molar-refractivity contribution in [3.8, 4) is 0 Å². The van der Waals surface area contributed by atoms with Gasteiger partial charge in [0, 0.05) is 13.0 Å². The zero-order valence-corrected chi connectivity index (χ0v) is 11.9. The molecule has 0 bridgehead atoms. The summed E-state index contributed by atoms with van der Waals surface area (Å²) in [5, 5.41) is 11.9. The minimum absolute atomic E-state index is 0.0832. The van der Waals surface area contributed by atoms with Crippen molar-refractivity contribution in [2.24, 2.45) is 11.8 Å². The zero-order valence-electron chi connectivity index (χ0n) is 11.9. The van der Waals surface area contributed by atoms with Crippen LogP contribution in [0.1, 0.15) is 59.3 Å². The Bertz CT molecular complexity index is 251. The average Bonchev–Trinajstić information content (AvgIpc) is 2.28. The van der Waals surface area contributed by atoms with Crippen LogP contribution in [-0.2, 0) is 9.59 Å². The molecule has 106 valence electrons. The molecular formula is C14H27NO3. The molecule has 2 N–H and O–H groups in total. The van der Waals surface area contributed by atoms with Crippen LogP contribution in [0.15, 0.2) is 0 Å². The predicted molar refractivity (Wildman–Crippen MR) is 72.3 cm³/mol. The second-order valence-electron chi connectivity index (χ2n) is 5.14. The molecule has 0 saturated carbocycles. The van der Waals surface area contributed by atoms with Gasteiger partial charge in [-0.15, -0.1) is 0 Å². The van der Waals surface area contributed by atoms with Crippen LogP contribution in [0.25, 0.3) is 0 Å². The van der Waals surface area contributed by atoms with Crippen LogP contribution in [0, 0.1) is 11.8 Å². The zero-order chi connectivity index (χ0) is 14.0. The summed E-state index contributed by atoms with van der Waals surface area (Å²) in [6.45, 7) is 6.53. The summed E-state index contributed by atoms with van der Waals surface area (Å²) in [7, 11) is 0. The van der Waals surface area contributed by atoms with E-state index in [1.54, 1.807) is 0 Å². The molecule has 4 nitrogen and oxygen atoms in total. The van der Waals surface area contributed by atoms with E-state index in [0.29, 0.717) is 19.4 Å². The lowest BCUT2D eigenvalue weighted by atomic mass is 9.91. The Kier molecular flexibility index (Phi) is 9.33. The van der Waals surface area contributed by atoms with E-state index in [-0.39, 0.29) is 17.7 Å². The molecule has 0 aromatic rings. The molecule has 1 amide bonds. The van der Waals surface area contributed by atoms with Crippen molar-refractivity contribution in [3.63, 3.8) is 0 Å². The van der Waals surface area contributed by atoms with Crippen LogP contribution in [0.3, 0.4) is 0 Å². The molecule has 0 radical (unpaired) electrons. The highest BCUT2D eigenvalue weighted by Gasteiger charge is 2.20. The lowest BCUT2D eigenvalue weighted by Gasteiger charge is -2.15. The van der Waals surface area contributed by atoms with Crippen LogP contribution < -0.4 is 5.32 Å². The van der Waals surface area contributed by atoms with Gasteiger partial charge in [-0.3, -0.25) is 9.59 Å². The summed E-state index contributed by atoms with van der Waals surface area (Å²) >= 11 is 0. The van der Waals surface area contributed by atoms with Gasteiger partial charge >= 0.3 is 5.97 Å². The van der Waals surface area contributed by atoms with E-state index in [9.17, 15) is 9.59 Å². The molecule has 0 aliphatic carbocycles. The average molecular weight is 257 g/mol. The first-order valence-electron chi connectivity index (χ1n) is 6.98. The van der Waals surface area contributed by atoms with E-state index in [4.69, 9.17) is 5.11 Å². The quantitative estimate of drug-likeness (QED) is 0.591. The molecule has 0 rings (SSSR count). The van der Waals surface area contributed by atoms with Crippen molar-refractivity contribution in [2.45, 2.75) is 59.3 Å². The molecule has 0 aromatic heterocycles. The van der Waals surface area contributed by atoms with Crippen LogP contribution in [0.2, 0.25) is 0 Å². The molecule has 0 fully saturated rings. The summed E-state index contributed by atoms with van der Waals surface area (Å²) in [4.78, 5) is 22.4. The second kappa shape index (κ2) is 9.92. The standard InChI is InChI=1S/C14H27NO3/c1-4-5-6-9-13(16)15-10-7-8-12(11(2)3)14(17)18/h11-12H,4-10H2,1-3H3,(H,15,16)(H,17,18). The smallest absolute Gasteiger partial charge is 0.306 e. The van der Waals surface area contributed by atoms with Gasteiger partial charge < -0.3 is 10.4 Å². The van der Waals surface area contributed by atoms with E-state index in [2.05, 4.69) is 12.2 Å². The van der Waals surface area contributed by atoms with Gasteiger partial charge in [-0.25, -0.2) is 0 Å². The SMILES string of the molecule is CCCCCC(=O)NCCCC(C(=O)O)C(C)C. The Morgan fingerprint density at radius 3 is 2.33 bits per heavy atom. The van der Waals surface area contributed by atoms with Gasteiger partial charge in [-0.2, -0.15) is 0 Å². The normalized spacial score (nSPS) is 12.4. The molecule has 0 aromatic carbocycles. The topological polar surface area (TPSA) is 66.4 Å². The number of nitrogens with one attached hydrogen (secondary N) is 1. The number of carbonyl (C=O) groups is 2. The van der Waals surface area contributed by atoms with E-state index in [0.717, 1.165) is 25.7 Å². The highest BCUT2D eigenvalue weighted by molar-refractivity contribution is 5.75. The number of rotatable bonds is 10. The molecule has 1 unspecified atom stereocenters. The molecule has 1 atom stereocenters. The lowest BCUT2D eigenvalue weighted by molar-refractivity contribution is -0.143. The number of aliphatic carboxylic acids is 1. The highest BCUT2D eigenvalue weighted by atomic mass is 16.4. The van der Waals surface area contributed by atoms with Crippen LogP contribution in [-0.4, -0.2) is 23.5 Å². The first-order chi connectivity index (χ1) is 8.49. The van der Waals surface area contributed by atoms with Gasteiger partial charge in [0.2, 0.25) is 5.91 Å². The van der Waals surface area contributed by atoms with E-state index < -0.39 is 5.97 Å². The monoisotopic (exact) mass is 257 g/mol. The minimum Gasteiger partial charge on any atom is -0.481 e. The third-order valence-electron chi connectivity index (χ3n) is 3.14. The Morgan fingerprint density at radius 1 is 1.17 bits per heavy atom. The fourth-order valence-corrected chi connectivity index (χ4v) is 1.92. The van der Waals surface area contributed by atoms with Crippen molar-refractivity contribution in [2.75, 3.05) is 6.54 Å². The Hall–Kier alpha value is -1.06. The predicted octanol–water partition coefficient (Wildman–Crippen LogP) is 2.82. The summed E-state index contributed by atoms with van der Waals surface area (Å²) < 4.78 is 0. The fourth-order valence-electron chi connectivity index (χ4n) is 1.92. The minimum atomic E-state index is -0.737. The summed E-state index contributed by atoms with van der Waals surface area (Å²) in [6, 6.07) is 0. The maximum atomic E-state index is 11.4.